The highest BCUT2D eigenvalue weighted by atomic mass is 16.1. The molecule has 0 radical (unpaired) electrons. The number of amides is 1. The second-order valence-electron chi connectivity index (χ2n) is 4.23. The zero-order valence-corrected chi connectivity index (χ0v) is 9.24. The second kappa shape index (κ2) is 4.18. The Morgan fingerprint density at radius 1 is 1.67 bits per heavy atom. The fourth-order valence-corrected chi connectivity index (χ4v) is 1.04. The maximum absolute atomic E-state index is 11.5. The average molecular weight is 205 g/mol. The van der Waals surface area contributed by atoms with Crippen LogP contribution in [-0.2, 0) is 5.54 Å². The molecular formula is C11H15N3O. The van der Waals surface area contributed by atoms with Gasteiger partial charge in [-0.2, -0.15) is 5.10 Å². The Morgan fingerprint density at radius 3 is 2.80 bits per heavy atom. The van der Waals surface area contributed by atoms with Crippen LogP contribution in [0, 0.1) is 12.3 Å². The summed E-state index contributed by atoms with van der Waals surface area (Å²) in [5, 5.41) is 6.71. The summed E-state index contributed by atoms with van der Waals surface area (Å²) in [6.07, 6.45) is 8.30. The molecule has 1 rings (SSSR count). The van der Waals surface area contributed by atoms with Gasteiger partial charge in [0.25, 0.3) is 5.91 Å². The predicted octanol–water partition coefficient (Wildman–Crippen LogP) is 1.00. The van der Waals surface area contributed by atoms with Crippen LogP contribution in [0.25, 0.3) is 0 Å². The summed E-state index contributed by atoms with van der Waals surface area (Å²) in [7, 11) is 0. The molecule has 15 heavy (non-hydrogen) atoms. The third kappa shape index (κ3) is 2.84. The van der Waals surface area contributed by atoms with E-state index in [0.717, 1.165) is 0 Å². The Balaban J connectivity index is 2.77. The first-order valence-electron chi connectivity index (χ1n) is 4.72. The van der Waals surface area contributed by atoms with Crippen LogP contribution in [0.2, 0.25) is 0 Å². The fraction of sp³-hybridized carbons (Fsp3) is 0.455. The van der Waals surface area contributed by atoms with E-state index in [0.29, 0.717) is 5.56 Å². The second-order valence-corrected chi connectivity index (χ2v) is 4.23. The van der Waals surface area contributed by atoms with Crippen molar-refractivity contribution < 1.29 is 4.79 Å². The van der Waals surface area contributed by atoms with Crippen molar-refractivity contribution in [3.05, 3.63) is 18.0 Å². The topological polar surface area (TPSA) is 46.9 Å². The molecule has 0 saturated heterocycles. The lowest BCUT2D eigenvalue weighted by Crippen LogP contribution is -2.24. The summed E-state index contributed by atoms with van der Waals surface area (Å²) in [5.41, 5.74) is 0.408. The average Bonchev–Trinajstić information content (AvgIpc) is 2.62. The van der Waals surface area contributed by atoms with Crippen LogP contribution in [0.3, 0.4) is 0 Å². The molecule has 0 fully saturated rings. The maximum Gasteiger partial charge on any atom is 0.255 e. The molecule has 0 atom stereocenters. The number of nitrogens with zero attached hydrogens (tertiary/aromatic N) is 2. The van der Waals surface area contributed by atoms with Gasteiger partial charge in [-0.1, -0.05) is 5.92 Å². The number of carbonyl (C=O) groups excluding carboxylic acids is 1. The van der Waals surface area contributed by atoms with Gasteiger partial charge in [0.2, 0.25) is 0 Å². The number of carbonyl (C=O) groups is 1. The van der Waals surface area contributed by atoms with E-state index < -0.39 is 0 Å². The van der Waals surface area contributed by atoms with Crippen molar-refractivity contribution in [3.8, 4) is 12.3 Å². The maximum atomic E-state index is 11.5. The highest BCUT2D eigenvalue weighted by Gasteiger charge is 2.16. The molecule has 1 N–H and O–H groups in total. The van der Waals surface area contributed by atoms with Gasteiger partial charge in [0.15, 0.2) is 0 Å². The lowest BCUT2D eigenvalue weighted by atomic mass is 10.1. The minimum Gasteiger partial charge on any atom is -0.341 e. The normalized spacial score (nSPS) is 10.8. The quantitative estimate of drug-likeness (QED) is 0.732. The number of aromatic nitrogens is 2. The first kappa shape index (κ1) is 11.3. The molecule has 0 aliphatic rings. The number of hydrogen-bond donors (Lipinski definition) is 1. The van der Waals surface area contributed by atoms with E-state index in [1.807, 2.05) is 20.8 Å². The van der Waals surface area contributed by atoms with Gasteiger partial charge in [-0.15, -0.1) is 6.42 Å². The Kier molecular flexibility index (Phi) is 3.15. The molecule has 0 spiro atoms. The third-order valence-electron chi connectivity index (χ3n) is 1.88. The van der Waals surface area contributed by atoms with Gasteiger partial charge in [-0.05, 0) is 20.8 Å². The molecule has 80 valence electrons. The van der Waals surface area contributed by atoms with Crippen molar-refractivity contribution in [1.82, 2.24) is 15.1 Å². The van der Waals surface area contributed by atoms with Crippen LogP contribution >= 0.6 is 0 Å². The number of hydrogen-bond acceptors (Lipinski definition) is 2. The molecule has 0 unspecified atom stereocenters. The zero-order valence-electron chi connectivity index (χ0n) is 9.24. The smallest absolute Gasteiger partial charge is 0.255 e. The highest BCUT2D eigenvalue weighted by molar-refractivity contribution is 5.93. The molecular weight excluding hydrogens is 190 g/mol. The molecule has 1 amide bonds. The Labute approximate surface area is 89.7 Å². The zero-order chi connectivity index (χ0) is 11.5. The molecule has 0 bridgehead atoms. The van der Waals surface area contributed by atoms with Gasteiger partial charge in [0, 0.05) is 6.20 Å². The number of terminal acetylenes is 1. The Hall–Kier alpha value is -1.76. The van der Waals surface area contributed by atoms with Crippen molar-refractivity contribution in [2.24, 2.45) is 0 Å². The minimum atomic E-state index is -0.191. The van der Waals surface area contributed by atoms with Crippen molar-refractivity contribution in [2.45, 2.75) is 26.3 Å². The lowest BCUT2D eigenvalue weighted by Gasteiger charge is -2.18. The standard InChI is InChI=1S/C11H15N3O/c1-5-6-12-10(15)9-7-13-14(8-9)11(2,3)4/h1,7-8H,6H2,2-4H3,(H,12,15). The molecule has 1 heterocycles. The SMILES string of the molecule is C#CCNC(=O)c1cnn(C(C)(C)C)c1. The van der Waals surface area contributed by atoms with Crippen LogP contribution in [0.5, 0.6) is 0 Å². The Bertz CT molecular complexity index is 393. The van der Waals surface area contributed by atoms with Crippen LogP contribution in [0.4, 0.5) is 0 Å². The van der Waals surface area contributed by atoms with Gasteiger partial charge < -0.3 is 5.32 Å². The molecule has 4 heteroatoms. The van der Waals surface area contributed by atoms with E-state index in [1.165, 1.54) is 6.20 Å². The molecule has 0 aromatic carbocycles. The van der Waals surface area contributed by atoms with Crippen LogP contribution < -0.4 is 5.32 Å². The molecule has 0 saturated carbocycles. The van der Waals surface area contributed by atoms with Crippen LogP contribution in [0.15, 0.2) is 12.4 Å². The largest absolute Gasteiger partial charge is 0.341 e. The summed E-state index contributed by atoms with van der Waals surface area (Å²) in [5.74, 6) is 2.15. The summed E-state index contributed by atoms with van der Waals surface area (Å²) < 4.78 is 1.75. The minimum absolute atomic E-state index is 0.120. The fourth-order valence-electron chi connectivity index (χ4n) is 1.04. The number of nitrogens with one attached hydrogen (secondary N) is 1. The van der Waals surface area contributed by atoms with Crippen molar-refractivity contribution in [2.75, 3.05) is 6.54 Å². The predicted molar refractivity (Wildman–Crippen MR) is 58.4 cm³/mol. The van der Waals surface area contributed by atoms with Crippen molar-refractivity contribution in [3.63, 3.8) is 0 Å². The van der Waals surface area contributed by atoms with E-state index in [1.54, 1.807) is 10.9 Å². The monoisotopic (exact) mass is 205 g/mol. The van der Waals surface area contributed by atoms with E-state index in [4.69, 9.17) is 6.42 Å². The summed E-state index contributed by atoms with van der Waals surface area (Å²) in [6, 6.07) is 0. The molecule has 0 aliphatic heterocycles. The van der Waals surface area contributed by atoms with Gasteiger partial charge in [0.1, 0.15) is 0 Å². The van der Waals surface area contributed by atoms with Gasteiger partial charge in [0.05, 0.1) is 23.8 Å². The van der Waals surface area contributed by atoms with E-state index in [2.05, 4.69) is 16.3 Å². The molecule has 4 nitrogen and oxygen atoms in total. The van der Waals surface area contributed by atoms with Gasteiger partial charge in [-0.25, -0.2) is 0 Å². The Morgan fingerprint density at radius 2 is 2.33 bits per heavy atom. The van der Waals surface area contributed by atoms with Crippen LogP contribution in [-0.4, -0.2) is 22.2 Å². The van der Waals surface area contributed by atoms with Gasteiger partial charge in [-0.3, -0.25) is 9.48 Å². The molecule has 1 aromatic rings. The van der Waals surface area contributed by atoms with E-state index >= 15 is 0 Å². The van der Waals surface area contributed by atoms with Gasteiger partial charge >= 0.3 is 0 Å². The first-order valence-corrected chi connectivity index (χ1v) is 4.72. The summed E-state index contributed by atoms with van der Waals surface area (Å²) in [6.45, 7) is 6.29. The van der Waals surface area contributed by atoms with Crippen LogP contribution in [0.1, 0.15) is 31.1 Å². The van der Waals surface area contributed by atoms with Crippen molar-refractivity contribution in [1.29, 1.82) is 0 Å². The van der Waals surface area contributed by atoms with E-state index in [-0.39, 0.29) is 18.0 Å². The lowest BCUT2D eigenvalue weighted by molar-refractivity contribution is 0.0958. The number of rotatable bonds is 2. The third-order valence-corrected chi connectivity index (χ3v) is 1.88. The highest BCUT2D eigenvalue weighted by Crippen LogP contribution is 2.12. The van der Waals surface area contributed by atoms with Crippen molar-refractivity contribution >= 4 is 5.91 Å². The molecule has 0 aliphatic carbocycles. The summed E-state index contributed by atoms with van der Waals surface area (Å²) in [4.78, 5) is 11.5. The first-order chi connectivity index (χ1) is 6.95. The summed E-state index contributed by atoms with van der Waals surface area (Å²) >= 11 is 0. The molecule has 1 aromatic heterocycles. The van der Waals surface area contributed by atoms with E-state index in [9.17, 15) is 4.79 Å².